The van der Waals surface area contributed by atoms with Crippen molar-refractivity contribution in [3.63, 3.8) is 0 Å². The molecule has 2 heterocycles. The number of benzene rings is 2. The molecule has 0 saturated heterocycles. The molecule has 0 bridgehead atoms. The van der Waals surface area contributed by atoms with Crippen molar-refractivity contribution in [2.75, 3.05) is 11.7 Å². The fourth-order valence-corrected chi connectivity index (χ4v) is 9.02. The first kappa shape index (κ1) is 24.7. The van der Waals surface area contributed by atoms with Crippen LogP contribution in [0.25, 0.3) is 22.4 Å². The second kappa shape index (κ2) is 6.84. The van der Waals surface area contributed by atoms with Gasteiger partial charge in [0.15, 0.2) is 0 Å². The van der Waals surface area contributed by atoms with Gasteiger partial charge in [0.2, 0.25) is 0 Å². The number of fused-ring (bicyclic) bond motifs is 6. The molecule has 3 aromatic rings. The van der Waals surface area contributed by atoms with E-state index in [4.69, 9.17) is 4.98 Å². The van der Waals surface area contributed by atoms with E-state index in [1.165, 1.54) is 11.1 Å². The van der Waals surface area contributed by atoms with E-state index in [9.17, 15) is 4.57 Å². The van der Waals surface area contributed by atoms with Crippen LogP contribution in [0.1, 0.15) is 73.4 Å². The molecule has 1 atom stereocenters. The van der Waals surface area contributed by atoms with Crippen LogP contribution in [0.3, 0.4) is 0 Å². The summed E-state index contributed by atoms with van der Waals surface area (Å²) in [4.78, 5) is 5.11. The molecule has 1 radical (unpaired) electrons. The SMILES string of the molecule is CN1c2ccc[c-]c2-c2nc3cc4c(cc3n2P1(=O)C(C)(C)C)C(C)(C)C(C)(C)C4(C)C.[Ir]. The Balaban J connectivity index is 0.00000259. The maximum Gasteiger partial charge on any atom is 0.257 e. The average molecular weight is 641 g/mol. The monoisotopic (exact) mass is 641 g/mol. The van der Waals surface area contributed by atoms with Gasteiger partial charge in [0.1, 0.15) is 0 Å². The average Bonchev–Trinajstić information content (AvgIpc) is 3.12. The van der Waals surface area contributed by atoms with Gasteiger partial charge in [-0.3, -0.25) is 13.9 Å². The molecule has 1 aliphatic heterocycles. The Kier molecular flexibility index (Phi) is 5.12. The summed E-state index contributed by atoms with van der Waals surface area (Å²) in [7, 11) is -1.12. The largest absolute Gasteiger partial charge is 0.350 e. The van der Waals surface area contributed by atoms with Crippen LogP contribution in [-0.4, -0.2) is 21.5 Å². The van der Waals surface area contributed by atoms with E-state index in [1.807, 2.05) is 29.9 Å². The molecule has 6 heteroatoms. The van der Waals surface area contributed by atoms with Gasteiger partial charge in [-0.15, -0.1) is 24.3 Å². The van der Waals surface area contributed by atoms with Crippen LogP contribution >= 0.6 is 7.44 Å². The van der Waals surface area contributed by atoms with Crippen LogP contribution in [0, 0.1) is 11.5 Å². The van der Waals surface area contributed by atoms with Gasteiger partial charge in [-0.05, 0) is 66.0 Å². The fourth-order valence-electron chi connectivity index (χ4n) is 5.94. The van der Waals surface area contributed by atoms with Crippen molar-refractivity contribution >= 4 is 24.2 Å². The summed E-state index contributed by atoms with van der Waals surface area (Å²) >= 11 is 0. The van der Waals surface area contributed by atoms with Gasteiger partial charge in [-0.1, -0.05) is 47.1 Å². The first-order valence-corrected chi connectivity index (χ1v) is 13.1. The maximum atomic E-state index is 15.0. The molecule has 179 valence electrons. The summed E-state index contributed by atoms with van der Waals surface area (Å²) in [6, 6.07) is 13.8. The number of hydrogen-bond acceptors (Lipinski definition) is 2. The molecule has 4 nitrogen and oxygen atoms in total. The van der Waals surface area contributed by atoms with Crippen LogP contribution in [0.15, 0.2) is 30.3 Å². The summed E-state index contributed by atoms with van der Waals surface area (Å²) in [6.07, 6.45) is 0. The zero-order chi connectivity index (χ0) is 23.6. The minimum Gasteiger partial charge on any atom is -0.350 e. The molecule has 0 N–H and O–H groups in total. The van der Waals surface area contributed by atoms with Gasteiger partial charge in [0.05, 0.1) is 22.0 Å². The normalized spacial score (nSPS) is 24.1. The van der Waals surface area contributed by atoms with Gasteiger partial charge in [0.25, 0.3) is 7.44 Å². The zero-order valence-electron chi connectivity index (χ0n) is 21.4. The Morgan fingerprint density at radius 1 is 1.00 bits per heavy atom. The van der Waals surface area contributed by atoms with E-state index < -0.39 is 12.6 Å². The van der Waals surface area contributed by atoms with Crippen molar-refractivity contribution in [3.8, 4) is 11.4 Å². The quantitative estimate of drug-likeness (QED) is 0.190. The van der Waals surface area contributed by atoms with Gasteiger partial charge in [0, 0.05) is 27.2 Å². The third-order valence-electron chi connectivity index (χ3n) is 9.20. The number of hydrogen-bond donors (Lipinski definition) is 0. The minimum atomic E-state index is -3.07. The molecule has 2 aliphatic rings. The Hall–Kier alpha value is -1.41. The zero-order valence-corrected chi connectivity index (χ0v) is 24.7. The molecular weight excluding hydrogens is 606 g/mol. The van der Waals surface area contributed by atoms with Gasteiger partial charge in [-0.2, -0.15) is 0 Å². The summed E-state index contributed by atoms with van der Waals surface area (Å²) < 4.78 is 19.0. The summed E-state index contributed by atoms with van der Waals surface area (Å²) in [5, 5.41) is -0.468. The number of imidazole rings is 1. The smallest absolute Gasteiger partial charge is 0.257 e. The Bertz CT molecular complexity index is 1340. The van der Waals surface area contributed by atoms with E-state index >= 15 is 0 Å². The van der Waals surface area contributed by atoms with Crippen molar-refractivity contribution in [1.82, 2.24) is 9.32 Å². The summed E-state index contributed by atoms with van der Waals surface area (Å²) in [5.74, 6) is 0.769. The number of aromatic nitrogens is 2. The molecule has 0 amide bonds. The predicted molar refractivity (Wildman–Crippen MR) is 135 cm³/mol. The third-order valence-corrected chi connectivity index (χ3v) is 12.9. The first-order chi connectivity index (χ1) is 14.6. The van der Waals surface area contributed by atoms with Crippen molar-refractivity contribution in [2.24, 2.45) is 5.41 Å². The van der Waals surface area contributed by atoms with Crippen LogP contribution in [0.4, 0.5) is 5.69 Å². The molecule has 33 heavy (non-hydrogen) atoms. The Morgan fingerprint density at radius 2 is 1.58 bits per heavy atom. The van der Waals surface area contributed by atoms with E-state index in [0.717, 1.165) is 28.1 Å². The standard InChI is InChI=1S/C27H35N3OP.Ir/c1-24(2,3)32(31)29(10)21-14-12-11-13-17(21)23-28-20-15-18-19(16-22(20)30(23)32)26(6,7)27(8,9)25(18,4)5;/h11-12,14-16H,1-10H3;/q-1;. The number of nitrogens with zero attached hydrogens (tertiary/aromatic N) is 3. The van der Waals surface area contributed by atoms with Crippen molar-refractivity contribution in [2.45, 2.75) is 78.3 Å². The van der Waals surface area contributed by atoms with E-state index in [-0.39, 0.29) is 36.4 Å². The molecule has 1 unspecified atom stereocenters. The molecule has 5 rings (SSSR count). The molecule has 2 aromatic carbocycles. The molecule has 0 fully saturated rings. The van der Waals surface area contributed by atoms with Crippen LogP contribution in [0.2, 0.25) is 0 Å². The Morgan fingerprint density at radius 3 is 2.15 bits per heavy atom. The van der Waals surface area contributed by atoms with Crippen molar-refractivity contribution < 1.29 is 24.7 Å². The third kappa shape index (κ3) is 2.68. The van der Waals surface area contributed by atoms with Gasteiger partial charge >= 0.3 is 0 Å². The van der Waals surface area contributed by atoms with E-state index in [0.29, 0.717) is 0 Å². The Labute approximate surface area is 212 Å². The summed E-state index contributed by atoms with van der Waals surface area (Å²) in [5.41, 5.74) is 6.47. The topological polar surface area (TPSA) is 38.1 Å². The predicted octanol–water partition coefficient (Wildman–Crippen LogP) is 7.39. The van der Waals surface area contributed by atoms with E-state index in [1.54, 1.807) is 0 Å². The second-order valence-electron chi connectivity index (χ2n) is 12.2. The number of rotatable bonds is 0. The maximum absolute atomic E-state index is 15.0. The van der Waals surface area contributed by atoms with Crippen LogP contribution < -0.4 is 4.67 Å². The first-order valence-electron chi connectivity index (χ1n) is 11.5. The molecular formula is C27H35IrN3OP-. The summed E-state index contributed by atoms with van der Waals surface area (Å²) in [6.45, 7) is 20.3. The van der Waals surface area contributed by atoms with E-state index in [2.05, 4.69) is 84.9 Å². The molecule has 1 aromatic heterocycles. The van der Waals surface area contributed by atoms with Crippen LogP contribution in [0.5, 0.6) is 0 Å². The van der Waals surface area contributed by atoms with Crippen molar-refractivity contribution in [3.05, 3.63) is 47.5 Å². The fraction of sp³-hybridized carbons (Fsp3) is 0.519. The molecule has 0 spiro atoms. The molecule has 0 saturated carbocycles. The van der Waals surface area contributed by atoms with Crippen LogP contribution in [-0.2, 0) is 35.5 Å². The second-order valence-corrected chi connectivity index (χ2v) is 15.6. The van der Waals surface area contributed by atoms with Crippen molar-refractivity contribution in [1.29, 1.82) is 0 Å². The number of anilines is 1. The van der Waals surface area contributed by atoms with Gasteiger partial charge < -0.3 is 4.67 Å². The van der Waals surface area contributed by atoms with Gasteiger partial charge in [-0.25, -0.2) is 0 Å². The molecule has 1 aliphatic carbocycles. The minimum absolute atomic E-state index is 0.